The Morgan fingerprint density at radius 2 is 1.79 bits per heavy atom. The molecular formula is C19H24N2O2S. The quantitative estimate of drug-likeness (QED) is 0.769. The average molecular weight is 344 g/mol. The third-order valence-corrected chi connectivity index (χ3v) is 5.48. The maximum atomic E-state index is 12.1. The molecular weight excluding hydrogens is 320 g/mol. The molecule has 5 heteroatoms. The zero-order valence-electron chi connectivity index (χ0n) is 14.3. The van der Waals surface area contributed by atoms with E-state index < -0.39 is 15.3 Å². The highest BCUT2D eigenvalue weighted by Crippen LogP contribution is 2.30. The SMILES string of the molecule is CCC=C(c1ccccc1)c1ccc(N)c(NS(=O)(=O)C(C)C)c1. The van der Waals surface area contributed by atoms with Crippen molar-refractivity contribution in [1.29, 1.82) is 0 Å². The van der Waals surface area contributed by atoms with Crippen LogP contribution < -0.4 is 10.5 Å². The second-order valence-electron chi connectivity index (χ2n) is 5.89. The topological polar surface area (TPSA) is 72.2 Å². The van der Waals surface area contributed by atoms with E-state index in [0.717, 1.165) is 23.1 Å². The van der Waals surface area contributed by atoms with Gasteiger partial charge in [0.2, 0.25) is 10.0 Å². The monoisotopic (exact) mass is 344 g/mol. The summed E-state index contributed by atoms with van der Waals surface area (Å²) in [4.78, 5) is 0. The minimum atomic E-state index is -3.44. The minimum Gasteiger partial charge on any atom is -0.397 e. The van der Waals surface area contributed by atoms with Gasteiger partial charge in [-0.05, 0) is 49.1 Å². The predicted octanol–water partition coefficient (Wildman–Crippen LogP) is 4.26. The number of hydrogen-bond donors (Lipinski definition) is 2. The third kappa shape index (κ3) is 4.17. The standard InChI is InChI=1S/C19H24N2O2S/c1-4-8-17(15-9-6-5-7-10-15)16-11-12-18(20)19(13-16)21-24(22,23)14(2)3/h5-14,21H,4,20H2,1-3H3. The molecule has 0 bridgehead atoms. The molecule has 24 heavy (non-hydrogen) atoms. The molecule has 0 aromatic heterocycles. The summed E-state index contributed by atoms with van der Waals surface area (Å²) in [6.45, 7) is 5.34. The van der Waals surface area contributed by atoms with Crippen molar-refractivity contribution in [2.75, 3.05) is 10.5 Å². The summed E-state index contributed by atoms with van der Waals surface area (Å²) < 4.78 is 26.9. The molecule has 0 unspecified atom stereocenters. The van der Waals surface area contributed by atoms with Crippen molar-refractivity contribution in [1.82, 2.24) is 0 Å². The Kier molecular flexibility index (Phi) is 5.67. The van der Waals surface area contributed by atoms with Gasteiger partial charge in [-0.25, -0.2) is 8.42 Å². The van der Waals surface area contributed by atoms with Gasteiger partial charge in [-0.2, -0.15) is 0 Å². The average Bonchev–Trinajstić information content (AvgIpc) is 2.55. The zero-order chi connectivity index (χ0) is 17.7. The van der Waals surface area contributed by atoms with Crippen LogP contribution in [0.2, 0.25) is 0 Å². The zero-order valence-corrected chi connectivity index (χ0v) is 15.1. The van der Waals surface area contributed by atoms with Crippen LogP contribution in [0.4, 0.5) is 11.4 Å². The molecule has 0 aliphatic carbocycles. The highest BCUT2D eigenvalue weighted by molar-refractivity contribution is 7.93. The lowest BCUT2D eigenvalue weighted by Crippen LogP contribution is -2.23. The highest BCUT2D eigenvalue weighted by Gasteiger charge is 2.17. The number of allylic oxidation sites excluding steroid dienone is 1. The number of benzene rings is 2. The lowest BCUT2D eigenvalue weighted by atomic mass is 9.96. The summed E-state index contributed by atoms with van der Waals surface area (Å²) in [6.07, 6.45) is 3.00. The molecule has 4 nitrogen and oxygen atoms in total. The number of sulfonamides is 1. The maximum absolute atomic E-state index is 12.1. The number of nitrogens with one attached hydrogen (secondary N) is 1. The van der Waals surface area contributed by atoms with Gasteiger partial charge in [0.15, 0.2) is 0 Å². The van der Waals surface area contributed by atoms with Gasteiger partial charge in [0.05, 0.1) is 16.6 Å². The smallest absolute Gasteiger partial charge is 0.235 e. The number of anilines is 2. The minimum absolute atomic E-state index is 0.409. The van der Waals surface area contributed by atoms with E-state index in [-0.39, 0.29) is 0 Å². The fourth-order valence-corrected chi connectivity index (χ4v) is 3.03. The maximum Gasteiger partial charge on any atom is 0.235 e. The van der Waals surface area contributed by atoms with E-state index in [1.54, 1.807) is 26.0 Å². The summed E-state index contributed by atoms with van der Waals surface area (Å²) in [5, 5.41) is -0.527. The fraction of sp³-hybridized carbons (Fsp3) is 0.263. The van der Waals surface area contributed by atoms with Crippen LogP contribution in [0, 0.1) is 0 Å². The summed E-state index contributed by atoms with van der Waals surface area (Å²) >= 11 is 0. The number of hydrogen-bond acceptors (Lipinski definition) is 3. The Labute approximate surface area is 144 Å². The van der Waals surface area contributed by atoms with Gasteiger partial charge in [0.25, 0.3) is 0 Å². The number of rotatable bonds is 6. The Bertz CT molecular complexity index is 826. The lowest BCUT2D eigenvalue weighted by molar-refractivity contribution is 0.593. The lowest BCUT2D eigenvalue weighted by Gasteiger charge is -2.15. The molecule has 2 aromatic rings. The van der Waals surface area contributed by atoms with Gasteiger partial charge in [-0.1, -0.05) is 49.4 Å². The van der Waals surface area contributed by atoms with Crippen molar-refractivity contribution < 1.29 is 8.42 Å². The van der Waals surface area contributed by atoms with E-state index in [0.29, 0.717) is 11.4 Å². The first-order chi connectivity index (χ1) is 11.3. The molecule has 0 amide bonds. The molecule has 0 aliphatic heterocycles. The van der Waals surface area contributed by atoms with Crippen LogP contribution in [0.15, 0.2) is 54.6 Å². The van der Waals surface area contributed by atoms with Crippen molar-refractivity contribution in [2.45, 2.75) is 32.4 Å². The third-order valence-electron chi connectivity index (χ3n) is 3.73. The molecule has 2 aromatic carbocycles. The van der Waals surface area contributed by atoms with E-state index in [4.69, 9.17) is 5.73 Å². The van der Waals surface area contributed by atoms with E-state index in [1.807, 2.05) is 36.4 Å². The van der Waals surface area contributed by atoms with E-state index in [9.17, 15) is 8.42 Å². The first-order valence-corrected chi connectivity index (χ1v) is 9.57. The Morgan fingerprint density at radius 3 is 2.38 bits per heavy atom. The second-order valence-corrected chi connectivity index (χ2v) is 8.13. The van der Waals surface area contributed by atoms with Crippen LogP contribution in [0.5, 0.6) is 0 Å². The van der Waals surface area contributed by atoms with Crippen molar-refractivity contribution in [3.05, 3.63) is 65.7 Å². The van der Waals surface area contributed by atoms with E-state index >= 15 is 0 Å². The van der Waals surface area contributed by atoms with Crippen LogP contribution in [-0.4, -0.2) is 13.7 Å². The van der Waals surface area contributed by atoms with Crippen LogP contribution in [0.1, 0.15) is 38.3 Å². The van der Waals surface area contributed by atoms with Crippen molar-refractivity contribution in [3.8, 4) is 0 Å². The molecule has 128 valence electrons. The molecule has 0 saturated heterocycles. The second kappa shape index (κ2) is 7.53. The summed E-state index contributed by atoms with van der Waals surface area (Å²) in [7, 11) is -3.44. The van der Waals surface area contributed by atoms with Gasteiger partial charge in [0, 0.05) is 0 Å². The Hall–Kier alpha value is -2.27. The first kappa shape index (κ1) is 18.1. The fourth-order valence-electron chi connectivity index (χ4n) is 2.31. The van der Waals surface area contributed by atoms with Crippen LogP contribution in [0.3, 0.4) is 0 Å². The van der Waals surface area contributed by atoms with Gasteiger partial charge < -0.3 is 5.73 Å². The van der Waals surface area contributed by atoms with Crippen LogP contribution >= 0.6 is 0 Å². The summed E-state index contributed by atoms with van der Waals surface area (Å²) in [6, 6.07) is 15.5. The first-order valence-electron chi connectivity index (χ1n) is 8.02. The molecule has 0 saturated carbocycles. The van der Waals surface area contributed by atoms with Crippen molar-refractivity contribution in [2.24, 2.45) is 0 Å². The van der Waals surface area contributed by atoms with Gasteiger partial charge in [0.1, 0.15) is 0 Å². The molecule has 2 rings (SSSR count). The van der Waals surface area contributed by atoms with Crippen LogP contribution in [0.25, 0.3) is 5.57 Å². The molecule has 0 fully saturated rings. The highest BCUT2D eigenvalue weighted by atomic mass is 32.2. The van der Waals surface area contributed by atoms with Crippen LogP contribution in [-0.2, 0) is 10.0 Å². The normalized spacial score (nSPS) is 12.4. The number of nitrogens with two attached hydrogens (primary N) is 1. The molecule has 0 spiro atoms. The molecule has 0 heterocycles. The van der Waals surface area contributed by atoms with E-state index in [2.05, 4.69) is 17.7 Å². The largest absolute Gasteiger partial charge is 0.397 e. The Balaban J connectivity index is 2.48. The van der Waals surface area contributed by atoms with Crippen molar-refractivity contribution >= 4 is 27.0 Å². The summed E-state index contributed by atoms with van der Waals surface area (Å²) in [5.41, 5.74) is 9.86. The van der Waals surface area contributed by atoms with Gasteiger partial charge in [-0.15, -0.1) is 0 Å². The summed E-state index contributed by atoms with van der Waals surface area (Å²) in [5.74, 6) is 0. The van der Waals surface area contributed by atoms with Crippen molar-refractivity contribution in [3.63, 3.8) is 0 Å². The number of nitrogen functional groups attached to an aromatic ring is 1. The molecule has 3 N–H and O–H groups in total. The van der Waals surface area contributed by atoms with Gasteiger partial charge in [-0.3, -0.25) is 4.72 Å². The Morgan fingerprint density at radius 1 is 1.12 bits per heavy atom. The molecule has 0 aliphatic rings. The molecule has 0 atom stereocenters. The van der Waals surface area contributed by atoms with E-state index in [1.165, 1.54) is 0 Å². The predicted molar refractivity (Wildman–Crippen MR) is 102 cm³/mol. The molecule has 0 radical (unpaired) electrons. The van der Waals surface area contributed by atoms with Gasteiger partial charge >= 0.3 is 0 Å².